The van der Waals surface area contributed by atoms with Crippen molar-refractivity contribution >= 4 is 17.3 Å². The third-order valence-corrected chi connectivity index (χ3v) is 2.71. The highest BCUT2D eigenvalue weighted by atomic mass is 16.6. The van der Waals surface area contributed by atoms with Gasteiger partial charge in [0.15, 0.2) is 0 Å². The average Bonchev–Trinajstić information content (AvgIpc) is 2.40. The van der Waals surface area contributed by atoms with Crippen molar-refractivity contribution in [2.75, 3.05) is 0 Å². The van der Waals surface area contributed by atoms with Crippen molar-refractivity contribution in [2.24, 2.45) is 0 Å². The van der Waals surface area contributed by atoms with Crippen LogP contribution < -0.4 is 0 Å². The number of rotatable bonds is 3. The van der Waals surface area contributed by atoms with Crippen molar-refractivity contribution in [3.05, 3.63) is 75.8 Å². The molecule has 0 fully saturated rings. The fourth-order valence-electron chi connectivity index (χ4n) is 1.84. The smallest absolute Gasteiger partial charge is 0.258 e. The number of para-hydroxylation sites is 1. The maximum absolute atomic E-state index is 11.0. The van der Waals surface area contributed by atoms with Crippen LogP contribution >= 0.6 is 0 Å². The zero-order valence-corrected chi connectivity index (χ0v) is 10.0. The van der Waals surface area contributed by atoms with E-state index in [2.05, 4.69) is 0 Å². The van der Waals surface area contributed by atoms with E-state index in [1.54, 1.807) is 12.1 Å². The summed E-state index contributed by atoms with van der Waals surface area (Å²) in [7, 11) is 0. The summed E-state index contributed by atoms with van der Waals surface area (Å²) in [4.78, 5) is 10.6. The summed E-state index contributed by atoms with van der Waals surface area (Å²) in [6.07, 6.45) is 1.95. The molecule has 0 bridgehead atoms. The molecule has 0 saturated carbocycles. The first-order valence-electron chi connectivity index (χ1n) is 5.65. The Morgan fingerprint density at radius 2 is 1.67 bits per heavy atom. The molecular weight excluding hydrogens is 226 g/mol. The Morgan fingerprint density at radius 1 is 1.06 bits per heavy atom. The van der Waals surface area contributed by atoms with Crippen LogP contribution in [0.2, 0.25) is 0 Å². The summed E-state index contributed by atoms with van der Waals surface area (Å²) in [5.41, 5.74) is 2.72. The van der Waals surface area contributed by atoms with Gasteiger partial charge in [0.2, 0.25) is 0 Å². The normalized spacial score (nSPS) is 11.3. The van der Waals surface area contributed by atoms with Gasteiger partial charge < -0.3 is 0 Å². The monoisotopic (exact) mass is 239 g/mol. The van der Waals surface area contributed by atoms with Crippen molar-refractivity contribution in [1.82, 2.24) is 0 Å². The maximum Gasteiger partial charge on any atom is 0.276 e. The number of hydrogen-bond donors (Lipinski definition) is 0. The highest BCUT2D eigenvalue weighted by Crippen LogP contribution is 2.26. The average molecular weight is 239 g/mol. The Hall–Kier alpha value is -2.42. The predicted octanol–water partition coefficient (Wildman–Crippen LogP) is 4.16. The number of benzene rings is 2. The lowest BCUT2D eigenvalue weighted by molar-refractivity contribution is -0.385. The van der Waals surface area contributed by atoms with Crippen LogP contribution in [0.4, 0.5) is 5.69 Å². The highest BCUT2D eigenvalue weighted by molar-refractivity contribution is 5.83. The van der Waals surface area contributed by atoms with E-state index in [4.69, 9.17) is 0 Å². The first-order chi connectivity index (χ1) is 8.68. The zero-order valence-electron chi connectivity index (χ0n) is 10.0. The summed E-state index contributed by atoms with van der Waals surface area (Å²) in [6, 6.07) is 16.6. The van der Waals surface area contributed by atoms with Gasteiger partial charge >= 0.3 is 0 Å². The number of nitro groups is 1. The number of allylic oxidation sites excluding steroid dienone is 1. The van der Waals surface area contributed by atoms with Gasteiger partial charge in [-0.05, 0) is 24.1 Å². The van der Waals surface area contributed by atoms with Crippen LogP contribution in [0.1, 0.15) is 18.1 Å². The van der Waals surface area contributed by atoms with E-state index >= 15 is 0 Å². The fourth-order valence-corrected chi connectivity index (χ4v) is 1.84. The molecule has 0 spiro atoms. The topological polar surface area (TPSA) is 43.1 Å². The van der Waals surface area contributed by atoms with Gasteiger partial charge in [-0.1, -0.05) is 48.5 Å². The molecule has 0 aliphatic carbocycles. The van der Waals surface area contributed by atoms with Crippen molar-refractivity contribution in [1.29, 1.82) is 0 Å². The Balaban J connectivity index is 2.43. The largest absolute Gasteiger partial charge is 0.276 e. The van der Waals surface area contributed by atoms with E-state index in [9.17, 15) is 10.1 Å². The second-order valence-corrected chi connectivity index (χ2v) is 4.01. The van der Waals surface area contributed by atoms with Crippen molar-refractivity contribution < 1.29 is 4.92 Å². The summed E-state index contributed by atoms with van der Waals surface area (Å²) in [5, 5.41) is 11.0. The molecule has 0 aromatic heterocycles. The maximum atomic E-state index is 11.0. The first-order valence-corrected chi connectivity index (χ1v) is 5.65. The van der Waals surface area contributed by atoms with Gasteiger partial charge in [-0.2, -0.15) is 0 Å². The molecule has 0 unspecified atom stereocenters. The van der Waals surface area contributed by atoms with Gasteiger partial charge in [0, 0.05) is 6.07 Å². The lowest BCUT2D eigenvalue weighted by Gasteiger charge is -2.03. The van der Waals surface area contributed by atoms with Crippen LogP contribution in [0.15, 0.2) is 54.6 Å². The van der Waals surface area contributed by atoms with E-state index in [0.717, 1.165) is 11.1 Å². The quantitative estimate of drug-likeness (QED) is 0.458. The van der Waals surface area contributed by atoms with Crippen LogP contribution in [0.25, 0.3) is 11.6 Å². The molecule has 0 saturated heterocycles. The van der Waals surface area contributed by atoms with Gasteiger partial charge in [0.05, 0.1) is 10.5 Å². The lowest BCUT2D eigenvalue weighted by atomic mass is 10.0. The van der Waals surface area contributed by atoms with Gasteiger partial charge in [0.1, 0.15) is 0 Å². The third kappa shape index (κ3) is 2.63. The lowest BCUT2D eigenvalue weighted by Crippen LogP contribution is -1.93. The second kappa shape index (κ2) is 5.27. The van der Waals surface area contributed by atoms with Crippen LogP contribution in [0.3, 0.4) is 0 Å². The molecule has 0 heterocycles. The molecule has 0 atom stereocenters. The Bertz CT molecular complexity index is 588. The third-order valence-electron chi connectivity index (χ3n) is 2.71. The van der Waals surface area contributed by atoms with Crippen LogP contribution in [0, 0.1) is 10.1 Å². The molecule has 0 amide bonds. The molecule has 0 N–H and O–H groups in total. The van der Waals surface area contributed by atoms with Gasteiger partial charge in [-0.3, -0.25) is 10.1 Å². The van der Waals surface area contributed by atoms with E-state index in [0.29, 0.717) is 5.56 Å². The minimum Gasteiger partial charge on any atom is -0.258 e. The Morgan fingerprint density at radius 3 is 2.33 bits per heavy atom. The molecular formula is C15H13NO2. The molecule has 0 aliphatic heterocycles. The molecule has 0 aliphatic rings. The standard InChI is InChI=1S/C15H13NO2/c1-12(11-13-7-3-2-4-8-13)14-9-5-6-10-15(14)16(17)18/h2-11H,1H3/b12-11+. The van der Waals surface area contributed by atoms with E-state index < -0.39 is 0 Å². The van der Waals surface area contributed by atoms with E-state index in [1.165, 1.54) is 6.07 Å². The minimum absolute atomic E-state index is 0.141. The molecule has 2 aromatic rings. The second-order valence-electron chi connectivity index (χ2n) is 4.01. The fraction of sp³-hybridized carbons (Fsp3) is 0.0667. The van der Waals surface area contributed by atoms with Crippen LogP contribution in [0.5, 0.6) is 0 Å². The summed E-state index contributed by atoms with van der Waals surface area (Å²) in [5.74, 6) is 0. The zero-order chi connectivity index (χ0) is 13.0. The molecule has 2 aromatic carbocycles. The molecule has 18 heavy (non-hydrogen) atoms. The SMILES string of the molecule is C/C(=C\c1ccccc1)c1ccccc1[N+](=O)[O-]. The first kappa shape index (κ1) is 12.0. The van der Waals surface area contributed by atoms with E-state index in [1.807, 2.05) is 49.4 Å². The van der Waals surface area contributed by atoms with Gasteiger partial charge in [-0.15, -0.1) is 0 Å². The molecule has 0 radical (unpaired) electrons. The van der Waals surface area contributed by atoms with Gasteiger partial charge in [0.25, 0.3) is 5.69 Å². The summed E-state index contributed by atoms with van der Waals surface area (Å²) < 4.78 is 0. The number of nitro benzene ring substituents is 1. The molecule has 3 nitrogen and oxygen atoms in total. The molecule has 3 heteroatoms. The van der Waals surface area contributed by atoms with E-state index in [-0.39, 0.29) is 10.6 Å². The van der Waals surface area contributed by atoms with Crippen molar-refractivity contribution in [3.8, 4) is 0 Å². The van der Waals surface area contributed by atoms with Gasteiger partial charge in [-0.25, -0.2) is 0 Å². The Kier molecular flexibility index (Phi) is 3.53. The van der Waals surface area contributed by atoms with Crippen molar-refractivity contribution in [2.45, 2.75) is 6.92 Å². The highest BCUT2D eigenvalue weighted by Gasteiger charge is 2.13. The summed E-state index contributed by atoms with van der Waals surface area (Å²) >= 11 is 0. The molecule has 90 valence electrons. The Labute approximate surface area is 106 Å². The number of nitrogens with zero attached hydrogens (tertiary/aromatic N) is 1. The van der Waals surface area contributed by atoms with Crippen LogP contribution in [-0.2, 0) is 0 Å². The molecule has 2 rings (SSSR count). The van der Waals surface area contributed by atoms with Crippen molar-refractivity contribution in [3.63, 3.8) is 0 Å². The predicted molar refractivity (Wildman–Crippen MR) is 73.1 cm³/mol. The number of hydrogen-bond acceptors (Lipinski definition) is 2. The minimum atomic E-state index is -0.350. The van der Waals surface area contributed by atoms with Crippen LogP contribution in [-0.4, -0.2) is 4.92 Å². The summed E-state index contributed by atoms with van der Waals surface area (Å²) in [6.45, 7) is 1.88.